The molecule has 104 valence electrons. The van der Waals surface area contributed by atoms with Gasteiger partial charge in [-0.15, -0.1) is 0 Å². The molecule has 1 fully saturated rings. The molecule has 2 nitrogen and oxygen atoms in total. The van der Waals surface area contributed by atoms with E-state index in [4.69, 9.17) is 11.6 Å². The Bertz CT molecular complexity index is 512. The van der Waals surface area contributed by atoms with Crippen molar-refractivity contribution in [3.8, 4) is 0 Å². The summed E-state index contributed by atoms with van der Waals surface area (Å²) in [7, 11) is 0. The first-order chi connectivity index (χ1) is 8.90. The Morgan fingerprint density at radius 2 is 2.21 bits per heavy atom. The Morgan fingerprint density at radius 3 is 2.74 bits per heavy atom. The number of Topliss-reactive ketones (excluding diaryl/α,β-unsaturated/α-hetero) is 1. The van der Waals surface area contributed by atoms with Gasteiger partial charge in [0, 0.05) is 16.4 Å². The molecule has 1 saturated heterocycles. The second-order valence-corrected chi connectivity index (χ2v) is 6.52. The van der Waals surface area contributed by atoms with E-state index in [-0.39, 0.29) is 22.3 Å². The summed E-state index contributed by atoms with van der Waals surface area (Å²) in [4.78, 5) is 12.7. The minimum absolute atomic E-state index is 0.0317. The predicted octanol–water partition coefficient (Wildman–Crippen LogP) is 4.06. The number of benzene rings is 1. The number of rotatable bonds is 3. The molecular weight excluding hydrogens is 333 g/mol. The van der Waals surface area contributed by atoms with Crippen molar-refractivity contribution in [3.63, 3.8) is 0 Å². The monoisotopic (exact) mass is 347 g/mol. The molecular formula is C14H16BrClFNO. The molecule has 19 heavy (non-hydrogen) atoms. The van der Waals surface area contributed by atoms with Crippen molar-refractivity contribution < 1.29 is 9.18 Å². The SMILES string of the molecule is CC(C)C1(C(=O)c2ccc(Br)c(Cl)c2F)CCNC1. The van der Waals surface area contributed by atoms with Gasteiger partial charge in [-0.25, -0.2) is 4.39 Å². The highest BCUT2D eigenvalue weighted by molar-refractivity contribution is 9.10. The molecule has 2 rings (SSSR count). The molecule has 1 aliphatic rings. The molecule has 1 aromatic carbocycles. The van der Waals surface area contributed by atoms with Crippen molar-refractivity contribution in [2.24, 2.45) is 11.3 Å². The van der Waals surface area contributed by atoms with Gasteiger partial charge in [0.05, 0.1) is 10.6 Å². The van der Waals surface area contributed by atoms with Crippen molar-refractivity contribution in [1.82, 2.24) is 5.32 Å². The van der Waals surface area contributed by atoms with E-state index in [2.05, 4.69) is 21.2 Å². The van der Waals surface area contributed by atoms with Crippen LogP contribution in [0.1, 0.15) is 30.6 Å². The first-order valence-corrected chi connectivity index (χ1v) is 7.46. The largest absolute Gasteiger partial charge is 0.316 e. The maximum atomic E-state index is 14.2. The quantitative estimate of drug-likeness (QED) is 0.659. The molecule has 0 amide bonds. The Balaban J connectivity index is 2.47. The first kappa shape index (κ1) is 14.9. The van der Waals surface area contributed by atoms with E-state index < -0.39 is 11.2 Å². The molecule has 5 heteroatoms. The van der Waals surface area contributed by atoms with Gasteiger partial charge in [-0.3, -0.25) is 4.79 Å². The van der Waals surface area contributed by atoms with Gasteiger partial charge in [0.2, 0.25) is 0 Å². The minimum Gasteiger partial charge on any atom is -0.316 e. The number of hydrogen-bond donors (Lipinski definition) is 1. The molecule has 1 atom stereocenters. The fraction of sp³-hybridized carbons (Fsp3) is 0.500. The number of carbonyl (C=O) groups excluding carboxylic acids is 1. The zero-order chi connectivity index (χ0) is 14.2. The Kier molecular flexibility index (Phi) is 4.33. The highest BCUT2D eigenvalue weighted by Gasteiger charge is 2.45. The highest BCUT2D eigenvalue weighted by Crippen LogP contribution is 2.39. The molecule has 0 radical (unpaired) electrons. The van der Waals surface area contributed by atoms with E-state index in [1.54, 1.807) is 6.07 Å². The lowest BCUT2D eigenvalue weighted by Gasteiger charge is -2.31. The summed E-state index contributed by atoms with van der Waals surface area (Å²) in [6.07, 6.45) is 0.733. The third kappa shape index (κ3) is 2.46. The van der Waals surface area contributed by atoms with Gasteiger partial charge in [0.25, 0.3) is 0 Å². The van der Waals surface area contributed by atoms with Crippen molar-refractivity contribution in [2.45, 2.75) is 20.3 Å². The van der Waals surface area contributed by atoms with Crippen LogP contribution >= 0.6 is 27.5 Å². The molecule has 1 aliphatic heterocycles. The lowest BCUT2D eigenvalue weighted by Crippen LogP contribution is -2.39. The Labute approximate surface area is 125 Å². The van der Waals surface area contributed by atoms with Crippen LogP contribution in [0.3, 0.4) is 0 Å². The van der Waals surface area contributed by atoms with Crippen molar-refractivity contribution >= 4 is 33.3 Å². The summed E-state index contributed by atoms with van der Waals surface area (Å²) in [5.41, 5.74) is -0.441. The first-order valence-electron chi connectivity index (χ1n) is 6.29. The Hall–Kier alpha value is -0.450. The van der Waals surface area contributed by atoms with E-state index in [1.165, 1.54) is 6.07 Å². The lowest BCUT2D eigenvalue weighted by atomic mass is 9.71. The minimum atomic E-state index is -0.632. The standard InChI is InChI=1S/C14H16BrClFNO/c1-8(2)14(5-6-18-7-14)13(19)9-3-4-10(15)11(16)12(9)17/h3-4,8,18H,5-7H2,1-2H3. The van der Waals surface area contributed by atoms with Crippen molar-refractivity contribution in [3.05, 3.63) is 33.0 Å². The smallest absolute Gasteiger partial charge is 0.173 e. The summed E-state index contributed by atoms with van der Waals surface area (Å²) >= 11 is 9.03. The van der Waals surface area contributed by atoms with Crippen LogP contribution in [0, 0.1) is 17.2 Å². The summed E-state index contributed by atoms with van der Waals surface area (Å²) in [6, 6.07) is 3.13. The molecule has 0 aromatic heterocycles. The van der Waals surface area contributed by atoms with E-state index in [0.717, 1.165) is 13.0 Å². The van der Waals surface area contributed by atoms with Crippen LogP contribution in [0.2, 0.25) is 5.02 Å². The number of carbonyl (C=O) groups is 1. The van der Waals surface area contributed by atoms with Crippen LogP contribution in [-0.4, -0.2) is 18.9 Å². The van der Waals surface area contributed by atoms with Crippen LogP contribution in [0.15, 0.2) is 16.6 Å². The fourth-order valence-electron chi connectivity index (χ4n) is 2.63. The molecule has 0 aliphatic carbocycles. The normalized spacial score (nSPS) is 23.1. The van der Waals surface area contributed by atoms with Gasteiger partial charge in [0.15, 0.2) is 11.6 Å². The maximum Gasteiger partial charge on any atom is 0.173 e. The lowest BCUT2D eigenvalue weighted by molar-refractivity contribution is 0.0735. The maximum absolute atomic E-state index is 14.2. The number of ketones is 1. The second kappa shape index (κ2) is 5.51. The summed E-state index contributed by atoms with van der Waals surface area (Å²) in [5, 5.41) is 3.17. The summed E-state index contributed by atoms with van der Waals surface area (Å²) < 4.78 is 14.7. The zero-order valence-electron chi connectivity index (χ0n) is 10.9. The number of halogens is 3. The van der Waals surface area contributed by atoms with Crippen LogP contribution < -0.4 is 5.32 Å². The number of nitrogens with one attached hydrogen (secondary N) is 1. The van der Waals surface area contributed by atoms with Gasteiger partial charge in [-0.05, 0) is 46.9 Å². The predicted molar refractivity (Wildman–Crippen MR) is 78.2 cm³/mol. The van der Waals surface area contributed by atoms with Gasteiger partial charge in [0.1, 0.15) is 0 Å². The third-order valence-corrected chi connectivity index (χ3v) is 5.28. The van der Waals surface area contributed by atoms with Gasteiger partial charge in [-0.1, -0.05) is 25.4 Å². The summed E-state index contributed by atoms with van der Waals surface area (Å²) in [5.74, 6) is -0.635. The molecule has 0 saturated carbocycles. The van der Waals surface area contributed by atoms with E-state index >= 15 is 0 Å². The van der Waals surface area contributed by atoms with Crippen LogP contribution in [0.4, 0.5) is 4.39 Å². The molecule has 1 aromatic rings. The summed E-state index contributed by atoms with van der Waals surface area (Å²) in [6.45, 7) is 5.39. The average Bonchev–Trinajstić information content (AvgIpc) is 2.86. The van der Waals surface area contributed by atoms with E-state index in [0.29, 0.717) is 11.0 Å². The molecule has 0 bridgehead atoms. The zero-order valence-corrected chi connectivity index (χ0v) is 13.2. The van der Waals surface area contributed by atoms with Crippen molar-refractivity contribution in [2.75, 3.05) is 13.1 Å². The number of hydrogen-bond acceptors (Lipinski definition) is 2. The third-order valence-electron chi connectivity index (χ3n) is 4.03. The van der Waals surface area contributed by atoms with Crippen molar-refractivity contribution in [1.29, 1.82) is 0 Å². The fourth-order valence-corrected chi connectivity index (χ4v) is 3.10. The average molecular weight is 349 g/mol. The van der Waals surface area contributed by atoms with Gasteiger partial charge in [-0.2, -0.15) is 0 Å². The van der Waals surface area contributed by atoms with Crippen LogP contribution in [0.25, 0.3) is 0 Å². The van der Waals surface area contributed by atoms with Crippen LogP contribution in [0.5, 0.6) is 0 Å². The molecule has 1 unspecified atom stereocenters. The second-order valence-electron chi connectivity index (χ2n) is 5.29. The van der Waals surface area contributed by atoms with Gasteiger partial charge < -0.3 is 5.32 Å². The van der Waals surface area contributed by atoms with E-state index in [9.17, 15) is 9.18 Å². The van der Waals surface area contributed by atoms with E-state index in [1.807, 2.05) is 13.8 Å². The molecule has 1 N–H and O–H groups in total. The Morgan fingerprint density at radius 1 is 1.53 bits per heavy atom. The van der Waals surface area contributed by atoms with Crippen LogP contribution in [-0.2, 0) is 0 Å². The molecule has 0 spiro atoms. The highest BCUT2D eigenvalue weighted by atomic mass is 79.9. The van der Waals surface area contributed by atoms with Gasteiger partial charge >= 0.3 is 0 Å². The molecule has 1 heterocycles. The topological polar surface area (TPSA) is 29.1 Å².